The van der Waals surface area contributed by atoms with Gasteiger partial charge in [0.05, 0.1) is 29.3 Å². The maximum Gasteiger partial charge on any atom is 0.496 e. The van der Waals surface area contributed by atoms with E-state index in [1.54, 1.807) is 6.07 Å². The van der Waals surface area contributed by atoms with E-state index in [0.29, 0.717) is 31.8 Å². The number of sulfonamides is 1. The van der Waals surface area contributed by atoms with E-state index in [1.807, 2.05) is 46.8 Å². The third-order valence-electron chi connectivity index (χ3n) is 5.26. The van der Waals surface area contributed by atoms with Gasteiger partial charge in [0.2, 0.25) is 10.0 Å². The van der Waals surface area contributed by atoms with Gasteiger partial charge in [0.1, 0.15) is 0 Å². The molecule has 0 saturated carbocycles. The van der Waals surface area contributed by atoms with Gasteiger partial charge in [-0.05, 0) is 40.7 Å². The number of hydrogen-bond donors (Lipinski definition) is 0. The summed E-state index contributed by atoms with van der Waals surface area (Å²) in [6.45, 7) is 11.3. The predicted octanol–water partition coefficient (Wildman–Crippen LogP) is 1.32. The molecule has 0 radical (unpaired) electrons. The van der Waals surface area contributed by atoms with Gasteiger partial charge in [-0.15, -0.1) is 0 Å². The van der Waals surface area contributed by atoms with Crippen molar-refractivity contribution in [3.05, 3.63) is 23.8 Å². The van der Waals surface area contributed by atoms with E-state index in [0.717, 1.165) is 5.56 Å². The standard InChI is InChI=1S/C17H26BNO5S/c1-13-6-7-15(25(20,21)19-8-10-22-11-9-19)14(12-13)18-23-16(2,3)17(4,5)24-18/h6-7,12H,8-11H2,1-5H3. The third-order valence-corrected chi connectivity index (χ3v) is 7.23. The number of rotatable bonds is 3. The van der Waals surface area contributed by atoms with Gasteiger partial charge in [-0.1, -0.05) is 17.7 Å². The SMILES string of the molecule is Cc1ccc(S(=O)(=O)N2CCOCC2)c(B2OC(C)(C)C(C)(C)O2)c1. The molecule has 2 saturated heterocycles. The van der Waals surface area contributed by atoms with Gasteiger partial charge >= 0.3 is 7.12 Å². The molecule has 2 fully saturated rings. The first-order valence-electron chi connectivity index (χ1n) is 8.59. The molecular formula is C17H26BNO5S. The van der Waals surface area contributed by atoms with Crippen LogP contribution in [-0.4, -0.2) is 57.3 Å². The molecule has 2 heterocycles. The summed E-state index contributed by atoms with van der Waals surface area (Å²) in [5, 5.41) is 0. The van der Waals surface area contributed by atoms with Crippen molar-refractivity contribution in [2.24, 2.45) is 0 Å². The highest BCUT2D eigenvalue weighted by Gasteiger charge is 2.53. The van der Waals surface area contributed by atoms with Crippen LogP contribution in [0.5, 0.6) is 0 Å². The minimum atomic E-state index is -3.63. The summed E-state index contributed by atoms with van der Waals surface area (Å²) < 4.78 is 45.3. The number of nitrogens with zero attached hydrogens (tertiary/aromatic N) is 1. The summed E-state index contributed by atoms with van der Waals surface area (Å²) in [6, 6.07) is 5.30. The van der Waals surface area contributed by atoms with Crippen LogP contribution in [0.4, 0.5) is 0 Å². The summed E-state index contributed by atoms with van der Waals surface area (Å²) in [7, 11) is -4.34. The van der Waals surface area contributed by atoms with Crippen molar-refractivity contribution in [1.82, 2.24) is 4.31 Å². The van der Waals surface area contributed by atoms with Crippen molar-refractivity contribution in [1.29, 1.82) is 0 Å². The van der Waals surface area contributed by atoms with Crippen LogP contribution in [0.2, 0.25) is 0 Å². The third kappa shape index (κ3) is 3.38. The highest BCUT2D eigenvalue weighted by Crippen LogP contribution is 2.37. The molecule has 3 rings (SSSR count). The molecule has 0 aliphatic carbocycles. The number of benzene rings is 1. The molecule has 6 nitrogen and oxygen atoms in total. The molecule has 0 unspecified atom stereocenters. The van der Waals surface area contributed by atoms with Crippen LogP contribution >= 0.6 is 0 Å². The lowest BCUT2D eigenvalue weighted by Gasteiger charge is -2.32. The normalized spacial score (nSPS) is 23.8. The topological polar surface area (TPSA) is 65.1 Å². The number of aryl methyl sites for hydroxylation is 1. The van der Waals surface area contributed by atoms with Crippen molar-refractivity contribution >= 4 is 22.6 Å². The summed E-state index contributed by atoms with van der Waals surface area (Å²) in [6.07, 6.45) is 0. The van der Waals surface area contributed by atoms with Gasteiger partial charge in [0, 0.05) is 18.6 Å². The molecule has 25 heavy (non-hydrogen) atoms. The van der Waals surface area contributed by atoms with Crippen LogP contribution in [0.15, 0.2) is 23.1 Å². The van der Waals surface area contributed by atoms with Gasteiger partial charge in [0.25, 0.3) is 0 Å². The smallest absolute Gasteiger partial charge is 0.399 e. The van der Waals surface area contributed by atoms with E-state index in [4.69, 9.17) is 14.0 Å². The molecule has 0 atom stereocenters. The molecule has 0 bridgehead atoms. The van der Waals surface area contributed by atoms with Gasteiger partial charge in [-0.25, -0.2) is 8.42 Å². The Labute approximate surface area is 150 Å². The fourth-order valence-corrected chi connectivity index (χ4v) is 4.58. The quantitative estimate of drug-likeness (QED) is 0.754. The van der Waals surface area contributed by atoms with Gasteiger partial charge in [0.15, 0.2) is 0 Å². The number of morpholine rings is 1. The van der Waals surface area contributed by atoms with Gasteiger partial charge in [-0.2, -0.15) is 4.31 Å². The molecule has 1 aromatic rings. The van der Waals surface area contributed by atoms with E-state index >= 15 is 0 Å². The first kappa shape index (κ1) is 18.9. The van der Waals surface area contributed by atoms with E-state index in [1.165, 1.54) is 4.31 Å². The largest absolute Gasteiger partial charge is 0.496 e. The highest BCUT2D eigenvalue weighted by atomic mass is 32.2. The Balaban J connectivity index is 2.02. The maximum absolute atomic E-state index is 13.2. The van der Waals surface area contributed by atoms with Crippen molar-refractivity contribution in [3.8, 4) is 0 Å². The molecule has 138 valence electrons. The second-order valence-corrected chi connectivity index (χ2v) is 9.55. The van der Waals surface area contributed by atoms with Crippen LogP contribution in [-0.2, 0) is 24.1 Å². The van der Waals surface area contributed by atoms with Crippen molar-refractivity contribution in [2.45, 2.75) is 50.7 Å². The summed E-state index contributed by atoms with van der Waals surface area (Å²) in [5.41, 5.74) is 0.471. The molecular weight excluding hydrogens is 341 g/mol. The highest BCUT2D eigenvalue weighted by molar-refractivity contribution is 7.89. The van der Waals surface area contributed by atoms with Crippen molar-refractivity contribution < 1.29 is 22.5 Å². The van der Waals surface area contributed by atoms with Gasteiger partial charge < -0.3 is 14.0 Å². The fraction of sp³-hybridized carbons (Fsp3) is 0.647. The first-order chi connectivity index (χ1) is 11.5. The Kier molecular flexibility index (Phi) is 4.79. The Morgan fingerprint density at radius 1 is 1.04 bits per heavy atom. The Bertz CT molecular complexity index is 740. The van der Waals surface area contributed by atoms with Crippen LogP contribution in [0.1, 0.15) is 33.3 Å². The number of hydrogen-bond acceptors (Lipinski definition) is 5. The second-order valence-electron chi connectivity index (χ2n) is 7.65. The van der Waals surface area contributed by atoms with Crippen LogP contribution in [0.25, 0.3) is 0 Å². The monoisotopic (exact) mass is 367 g/mol. The van der Waals surface area contributed by atoms with E-state index in [9.17, 15) is 8.42 Å². The molecule has 2 aliphatic rings. The molecule has 8 heteroatoms. The van der Waals surface area contributed by atoms with E-state index in [-0.39, 0.29) is 4.90 Å². The van der Waals surface area contributed by atoms with Gasteiger partial charge in [-0.3, -0.25) is 0 Å². The predicted molar refractivity (Wildman–Crippen MR) is 96.5 cm³/mol. The summed E-state index contributed by atoms with van der Waals surface area (Å²) >= 11 is 0. The van der Waals surface area contributed by atoms with Crippen LogP contribution in [0.3, 0.4) is 0 Å². The van der Waals surface area contributed by atoms with E-state index in [2.05, 4.69) is 0 Å². The van der Waals surface area contributed by atoms with Crippen molar-refractivity contribution in [2.75, 3.05) is 26.3 Å². The lowest BCUT2D eigenvalue weighted by molar-refractivity contribution is 0.00578. The molecule has 2 aliphatic heterocycles. The zero-order valence-corrected chi connectivity index (χ0v) is 16.4. The average molecular weight is 367 g/mol. The fourth-order valence-electron chi connectivity index (χ4n) is 2.98. The zero-order chi connectivity index (χ0) is 18.5. The van der Waals surface area contributed by atoms with E-state index < -0.39 is 28.3 Å². The second kappa shape index (κ2) is 6.35. The zero-order valence-electron chi connectivity index (χ0n) is 15.5. The Morgan fingerprint density at radius 3 is 2.16 bits per heavy atom. The average Bonchev–Trinajstić information content (AvgIpc) is 2.76. The summed E-state index contributed by atoms with van der Waals surface area (Å²) in [5.74, 6) is 0. The van der Waals surface area contributed by atoms with Crippen molar-refractivity contribution in [3.63, 3.8) is 0 Å². The molecule has 0 spiro atoms. The van der Waals surface area contributed by atoms with Crippen LogP contribution < -0.4 is 5.46 Å². The Morgan fingerprint density at radius 2 is 1.60 bits per heavy atom. The minimum Gasteiger partial charge on any atom is -0.399 e. The minimum absolute atomic E-state index is 0.249. The first-order valence-corrected chi connectivity index (χ1v) is 10.0. The molecule has 0 aromatic heterocycles. The Hall–Kier alpha value is -0.925. The molecule has 0 amide bonds. The maximum atomic E-state index is 13.2. The summed E-state index contributed by atoms with van der Waals surface area (Å²) in [4.78, 5) is 0.249. The lowest BCUT2D eigenvalue weighted by atomic mass is 9.78. The molecule has 1 aromatic carbocycles. The lowest BCUT2D eigenvalue weighted by Crippen LogP contribution is -2.45. The molecule has 0 N–H and O–H groups in total. The number of ether oxygens (including phenoxy) is 1. The van der Waals surface area contributed by atoms with Crippen LogP contribution in [0, 0.1) is 6.92 Å².